The number of phenols is 1. The van der Waals surface area contributed by atoms with Crippen LogP contribution in [0.2, 0.25) is 0 Å². The zero-order valence-electron chi connectivity index (χ0n) is 13.9. The molecule has 1 rings (SSSR count). The third-order valence-corrected chi connectivity index (χ3v) is 3.31. The topological polar surface area (TPSA) is 125 Å². The first kappa shape index (κ1) is 19.8. The molecule has 0 unspecified atom stereocenters. The Morgan fingerprint density at radius 1 is 1.00 bits per heavy atom. The van der Waals surface area contributed by atoms with E-state index in [9.17, 15) is 25.5 Å². The highest BCUT2D eigenvalue weighted by atomic mass is 16.5. The normalized spacial score (nSPS) is 12.9. The highest BCUT2D eigenvalue weighted by Gasteiger charge is 2.29. The summed E-state index contributed by atoms with van der Waals surface area (Å²) >= 11 is 0. The molecule has 0 atom stereocenters. The van der Waals surface area contributed by atoms with Gasteiger partial charge in [0.25, 0.3) is 0 Å². The fourth-order valence-electron chi connectivity index (χ4n) is 2.31. The van der Waals surface area contributed by atoms with Gasteiger partial charge in [0, 0.05) is 19.4 Å². The number of benzene rings is 1. The van der Waals surface area contributed by atoms with Crippen molar-refractivity contribution >= 4 is 0 Å². The second-order valence-corrected chi connectivity index (χ2v) is 6.11. The summed E-state index contributed by atoms with van der Waals surface area (Å²) in [5.74, 6) is -4.64. The van der Waals surface area contributed by atoms with Crippen molar-refractivity contribution in [3.05, 3.63) is 29.3 Å². The predicted molar refractivity (Wildman–Crippen MR) is 86.0 cm³/mol. The van der Waals surface area contributed by atoms with Gasteiger partial charge in [-0.05, 0) is 30.5 Å². The van der Waals surface area contributed by atoms with Crippen LogP contribution in [0, 0.1) is 0 Å². The van der Waals surface area contributed by atoms with Crippen molar-refractivity contribution in [2.75, 3.05) is 0 Å². The molecular weight excluding hydrogens is 300 g/mol. The monoisotopic (exact) mass is 328 g/mol. The van der Waals surface area contributed by atoms with E-state index in [4.69, 9.17) is 0 Å². The molecule has 0 saturated carbocycles. The Morgan fingerprint density at radius 2 is 1.57 bits per heavy atom. The fourth-order valence-corrected chi connectivity index (χ4v) is 2.31. The number of aryl methyl sites for hydroxylation is 1. The van der Waals surface area contributed by atoms with Crippen LogP contribution in [0.25, 0.3) is 0 Å². The van der Waals surface area contributed by atoms with Crippen LogP contribution in [0.4, 0.5) is 0 Å². The van der Waals surface area contributed by atoms with E-state index in [0.717, 1.165) is 45.1 Å². The second-order valence-electron chi connectivity index (χ2n) is 6.11. The fraction of sp³-hybridized carbons (Fsp3) is 0.625. The molecule has 0 bridgehead atoms. The maximum Gasteiger partial charge on any atom is 0.220 e. The lowest BCUT2D eigenvalue weighted by molar-refractivity contribution is -0.206. The zero-order chi connectivity index (χ0) is 17.7. The maximum atomic E-state index is 10.1. The quantitative estimate of drug-likeness (QED) is 0.262. The standard InChI is InChI=1S/C16H28N2O5/c1-4-5-6-7-11-8-9-13(19)12(10-11)14(17-15(2,20)21)18-16(3,22)23/h8-10,14,17-23H,4-7H2,1-3H3. The van der Waals surface area contributed by atoms with Crippen LogP contribution in [0.15, 0.2) is 18.2 Å². The summed E-state index contributed by atoms with van der Waals surface area (Å²) in [7, 11) is 0. The Balaban J connectivity index is 3.05. The minimum atomic E-state index is -2.27. The molecule has 0 aromatic heterocycles. The van der Waals surface area contributed by atoms with Crippen molar-refractivity contribution in [1.82, 2.24) is 10.6 Å². The molecule has 0 aliphatic carbocycles. The Labute approximate surface area is 136 Å². The highest BCUT2D eigenvalue weighted by molar-refractivity contribution is 5.38. The number of rotatable bonds is 9. The van der Waals surface area contributed by atoms with E-state index in [1.165, 1.54) is 6.07 Å². The third kappa shape index (κ3) is 7.74. The summed E-state index contributed by atoms with van der Waals surface area (Å²) in [6.45, 7) is 4.30. The molecule has 23 heavy (non-hydrogen) atoms. The van der Waals surface area contributed by atoms with Gasteiger partial charge in [-0.25, -0.2) is 10.6 Å². The van der Waals surface area contributed by atoms with Gasteiger partial charge in [-0.1, -0.05) is 25.8 Å². The number of hydrogen-bond donors (Lipinski definition) is 7. The van der Waals surface area contributed by atoms with Gasteiger partial charge < -0.3 is 25.5 Å². The average Bonchev–Trinajstić information content (AvgIpc) is 2.37. The Hall–Kier alpha value is -1.22. The van der Waals surface area contributed by atoms with E-state index in [1.54, 1.807) is 12.1 Å². The lowest BCUT2D eigenvalue weighted by atomic mass is 10.0. The van der Waals surface area contributed by atoms with Gasteiger partial charge in [-0.3, -0.25) is 0 Å². The summed E-state index contributed by atoms with van der Waals surface area (Å²) in [5.41, 5.74) is 1.26. The van der Waals surface area contributed by atoms with E-state index in [0.29, 0.717) is 5.56 Å². The van der Waals surface area contributed by atoms with Gasteiger partial charge in [0.1, 0.15) is 5.75 Å². The van der Waals surface area contributed by atoms with Crippen LogP contribution in [0.5, 0.6) is 5.75 Å². The minimum absolute atomic E-state index is 0.0947. The minimum Gasteiger partial charge on any atom is -0.508 e. The Bertz CT molecular complexity index is 478. The van der Waals surface area contributed by atoms with Gasteiger partial charge in [0.05, 0.1) is 6.17 Å². The van der Waals surface area contributed by atoms with E-state index in [1.807, 2.05) is 0 Å². The zero-order valence-corrected chi connectivity index (χ0v) is 13.9. The molecule has 0 radical (unpaired) electrons. The second kappa shape index (κ2) is 8.05. The van der Waals surface area contributed by atoms with Crippen LogP contribution in [0.3, 0.4) is 0 Å². The lowest BCUT2D eigenvalue weighted by Gasteiger charge is -2.31. The maximum absolute atomic E-state index is 10.1. The van der Waals surface area contributed by atoms with Crippen molar-refractivity contribution < 1.29 is 25.5 Å². The first-order chi connectivity index (χ1) is 10.5. The molecular formula is C16H28N2O5. The van der Waals surface area contributed by atoms with Crippen molar-refractivity contribution in [2.45, 2.75) is 64.4 Å². The molecule has 0 aliphatic heterocycles. The van der Waals surface area contributed by atoms with E-state index in [-0.39, 0.29) is 5.75 Å². The first-order valence-corrected chi connectivity index (χ1v) is 7.78. The summed E-state index contributed by atoms with van der Waals surface area (Å²) in [4.78, 5) is 0. The van der Waals surface area contributed by atoms with Gasteiger partial charge in [-0.15, -0.1) is 0 Å². The van der Waals surface area contributed by atoms with Gasteiger partial charge in [0.2, 0.25) is 11.8 Å². The number of phenolic OH excluding ortho intramolecular Hbond substituents is 1. The van der Waals surface area contributed by atoms with Crippen molar-refractivity contribution in [2.24, 2.45) is 0 Å². The van der Waals surface area contributed by atoms with E-state index >= 15 is 0 Å². The molecule has 0 heterocycles. The highest BCUT2D eigenvalue weighted by Crippen LogP contribution is 2.27. The summed E-state index contributed by atoms with van der Waals surface area (Å²) in [5, 5.41) is 53.0. The number of unbranched alkanes of at least 4 members (excludes halogenated alkanes) is 2. The molecule has 1 aromatic rings. The predicted octanol–water partition coefficient (Wildman–Crippen LogP) is 0.619. The molecule has 0 amide bonds. The summed E-state index contributed by atoms with van der Waals surface area (Å²) in [6, 6.07) is 5.00. The third-order valence-electron chi connectivity index (χ3n) is 3.31. The smallest absolute Gasteiger partial charge is 0.220 e. The lowest BCUT2D eigenvalue weighted by Crippen LogP contribution is -2.54. The molecule has 1 aromatic carbocycles. The van der Waals surface area contributed by atoms with E-state index < -0.39 is 18.0 Å². The largest absolute Gasteiger partial charge is 0.508 e. The number of aliphatic hydroxyl groups is 4. The molecule has 7 nitrogen and oxygen atoms in total. The number of aromatic hydroxyl groups is 1. The molecule has 0 saturated heterocycles. The SMILES string of the molecule is CCCCCc1ccc(O)c(C(NC(C)(O)O)NC(C)(O)O)c1. The van der Waals surface area contributed by atoms with Crippen LogP contribution >= 0.6 is 0 Å². The number of nitrogens with one attached hydrogen (secondary N) is 2. The Kier molecular flexibility index (Phi) is 6.94. The van der Waals surface area contributed by atoms with Crippen molar-refractivity contribution in [1.29, 1.82) is 0 Å². The van der Waals surface area contributed by atoms with Crippen molar-refractivity contribution in [3.63, 3.8) is 0 Å². The molecule has 0 fully saturated rings. The van der Waals surface area contributed by atoms with E-state index in [2.05, 4.69) is 17.6 Å². The van der Waals surface area contributed by atoms with Crippen LogP contribution in [-0.4, -0.2) is 37.4 Å². The average molecular weight is 328 g/mol. The van der Waals surface area contributed by atoms with Crippen LogP contribution in [-0.2, 0) is 6.42 Å². The summed E-state index contributed by atoms with van der Waals surface area (Å²) < 4.78 is 0. The molecule has 132 valence electrons. The molecule has 7 heteroatoms. The first-order valence-electron chi connectivity index (χ1n) is 7.78. The van der Waals surface area contributed by atoms with Gasteiger partial charge >= 0.3 is 0 Å². The van der Waals surface area contributed by atoms with Crippen molar-refractivity contribution in [3.8, 4) is 5.75 Å². The van der Waals surface area contributed by atoms with Gasteiger partial charge in [0.15, 0.2) is 0 Å². The number of hydrogen-bond acceptors (Lipinski definition) is 7. The van der Waals surface area contributed by atoms with Crippen LogP contribution < -0.4 is 10.6 Å². The molecule has 0 aliphatic rings. The van der Waals surface area contributed by atoms with Crippen LogP contribution in [0.1, 0.15) is 57.3 Å². The Morgan fingerprint density at radius 3 is 2.04 bits per heavy atom. The molecule has 0 spiro atoms. The molecule has 7 N–H and O–H groups in total. The summed E-state index contributed by atoms with van der Waals surface area (Å²) in [6.07, 6.45) is 2.92. The van der Waals surface area contributed by atoms with Gasteiger partial charge in [-0.2, -0.15) is 0 Å².